The van der Waals surface area contributed by atoms with Crippen molar-refractivity contribution in [2.75, 3.05) is 5.32 Å². The summed E-state index contributed by atoms with van der Waals surface area (Å²) in [7, 11) is 0. The number of hydrogen-bond acceptors (Lipinski definition) is 3. The maximum atomic E-state index is 14.2. The zero-order valence-electron chi connectivity index (χ0n) is 13.8. The number of amides is 1. The van der Waals surface area contributed by atoms with Crippen molar-refractivity contribution in [3.63, 3.8) is 0 Å². The highest BCUT2D eigenvalue weighted by atomic mass is 79.9. The Morgan fingerprint density at radius 1 is 1.11 bits per heavy atom. The molecule has 3 rings (SSSR count). The van der Waals surface area contributed by atoms with Gasteiger partial charge in [0.15, 0.2) is 11.6 Å². The first-order chi connectivity index (χ1) is 13.0. The molecule has 0 aliphatic rings. The van der Waals surface area contributed by atoms with Gasteiger partial charge in [-0.15, -0.1) is 0 Å². The van der Waals surface area contributed by atoms with E-state index in [1.807, 2.05) is 0 Å². The zero-order valence-corrected chi connectivity index (χ0v) is 15.4. The minimum Gasteiger partial charge on any atom is -0.453 e. The number of nitrogens with one attached hydrogen (secondary N) is 1. The first-order valence-electron chi connectivity index (χ1n) is 7.83. The number of carbonyl (C=O) groups is 1. The van der Waals surface area contributed by atoms with Gasteiger partial charge in [0.1, 0.15) is 11.6 Å². The van der Waals surface area contributed by atoms with Crippen molar-refractivity contribution in [1.29, 1.82) is 0 Å². The van der Waals surface area contributed by atoms with Gasteiger partial charge in [0, 0.05) is 16.7 Å². The maximum absolute atomic E-state index is 14.2. The molecule has 0 bridgehead atoms. The third-order valence-corrected chi connectivity index (χ3v) is 3.93. The van der Waals surface area contributed by atoms with E-state index < -0.39 is 17.5 Å². The molecule has 0 unspecified atom stereocenters. The standard InChI is InChI=1S/C20H13BrF2N2O2/c21-14-5-6-18(16(22)11-14)25-20(26)8-4-13-3-7-19(17(23)10-13)27-15-2-1-9-24-12-15/h1-12H,(H,25,26)/b8-4+. The molecule has 0 saturated heterocycles. The lowest BCUT2D eigenvalue weighted by atomic mass is 10.2. The molecule has 0 aliphatic carbocycles. The molecule has 3 aromatic rings. The lowest BCUT2D eigenvalue weighted by Crippen LogP contribution is -2.09. The Balaban J connectivity index is 1.66. The summed E-state index contributed by atoms with van der Waals surface area (Å²) in [5.74, 6) is -1.22. The van der Waals surface area contributed by atoms with Gasteiger partial charge >= 0.3 is 0 Å². The second-order valence-corrected chi connectivity index (χ2v) is 6.34. The Morgan fingerprint density at radius 2 is 1.96 bits per heavy atom. The Kier molecular flexibility index (Phi) is 5.93. The van der Waals surface area contributed by atoms with Gasteiger partial charge in [-0.25, -0.2) is 8.78 Å². The molecule has 1 amide bonds. The number of pyridine rings is 1. The number of hydrogen-bond donors (Lipinski definition) is 1. The SMILES string of the molecule is O=C(/C=C/c1ccc(Oc2cccnc2)c(F)c1)Nc1ccc(Br)cc1F. The van der Waals surface area contributed by atoms with Crippen LogP contribution in [-0.2, 0) is 4.79 Å². The average Bonchev–Trinajstić information content (AvgIpc) is 2.65. The molecule has 4 nitrogen and oxygen atoms in total. The molecule has 1 heterocycles. The van der Waals surface area contributed by atoms with E-state index in [-0.39, 0.29) is 11.4 Å². The summed E-state index contributed by atoms with van der Waals surface area (Å²) in [6.07, 6.45) is 5.67. The molecule has 1 N–H and O–H groups in total. The van der Waals surface area contributed by atoms with E-state index in [0.717, 1.165) is 0 Å². The molecular formula is C20H13BrF2N2O2. The van der Waals surface area contributed by atoms with Gasteiger partial charge in [-0.05, 0) is 54.1 Å². The Labute approximate surface area is 162 Å². The van der Waals surface area contributed by atoms with Crippen LogP contribution < -0.4 is 10.1 Å². The minimum atomic E-state index is -0.583. The van der Waals surface area contributed by atoms with Crippen LogP contribution in [0.2, 0.25) is 0 Å². The van der Waals surface area contributed by atoms with E-state index in [0.29, 0.717) is 15.8 Å². The predicted octanol–water partition coefficient (Wildman–Crippen LogP) is 5.57. The number of aromatic nitrogens is 1. The molecule has 0 fully saturated rings. The van der Waals surface area contributed by atoms with Gasteiger partial charge in [-0.1, -0.05) is 22.0 Å². The second kappa shape index (κ2) is 8.55. The average molecular weight is 431 g/mol. The third-order valence-electron chi connectivity index (χ3n) is 3.43. The molecule has 0 spiro atoms. The van der Waals surface area contributed by atoms with Gasteiger partial charge in [-0.2, -0.15) is 0 Å². The van der Waals surface area contributed by atoms with Crippen molar-refractivity contribution in [3.8, 4) is 11.5 Å². The minimum absolute atomic E-state index is 0.0431. The Bertz CT molecular complexity index is 995. The number of halogens is 3. The fourth-order valence-electron chi connectivity index (χ4n) is 2.18. The summed E-state index contributed by atoms with van der Waals surface area (Å²) < 4.78 is 33.8. The molecule has 1 aromatic heterocycles. The van der Waals surface area contributed by atoms with Crippen molar-refractivity contribution < 1.29 is 18.3 Å². The summed E-state index contributed by atoms with van der Waals surface area (Å²) in [6.45, 7) is 0. The van der Waals surface area contributed by atoms with Crippen molar-refractivity contribution in [2.45, 2.75) is 0 Å². The summed E-state index contributed by atoms with van der Waals surface area (Å²) >= 11 is 3.14. The second-order valence-electron chi connectivity index (χ2n) is 5.43. The van der Waals surface area contributed by atoms with Crippen LogP contribution in [0.4, 0.5) is 14.5 Å². The lowest BCUT2D eigenvalue weighted by Gasteiger charge is -2.07. The van der Waals surface area contributed by atoms with Gasteiger partial charge in [0.25, 0.3) is 0 Å². The monoisotopic (exact) mass is 430 g/mol. The van der Waals surface area contributed by atoms with Crippen LogP contribution in [0, 0.1) is 11.6 Å². The van der Waals surface area contributed by atoms with Crippen LogP contribution in [0.5, 0.6) is 11.5 Å². The van der Waals surface area contributed by atoms with Crippen molar-refractivity contribution in [2.24, 2.45) is 0 Å². The van der Waals surface area contributed by atoms with Crippen LogP contribution in [-0.4, -0.2) is 10.9 Å². The highest BCUT2D eigenvalue weighted by molar-refractivity contribution is 9.10. The predicted molar refractivity (Wildman–Crippen MR) is 102 cm³/mol. The maximum Gasteiger partial charge on any atom is 0.248 e. The van der Waals surface area contributed by atoms with Crippen LogP contribution in [0.25, 0.3) is 6.08 Å². The molecular weight excluding hydrogens is 418 g/mol. The third kappa shape index (κ3) is 5.21. The molecule has 7 heteroatoms. The molecule has 0 atom stereocenters. The molecule has 136 valence electrons. The fraction of sp³-hybridized carbons (Fsp3) is 0. The van der Waals surface area contributed by atoms with Crippen molar-refractivity contribution in [1.82, 2.24) is 4.98 Å². The number of carbonyl (C=O) groups excluding carboxylic acids is 1. The first kappa shape index (κ1) is 18.7. The van der Waals surface area contributed by atoms with Crippen LogP contribution >= 0.6 is 15.9 Å². The number of ether oxygens (including phenoxy) is 1. The van der Waals surface area contributed by atoms with E-state index in [4.69, 9.17) is 4.74 Å². The summed E-state index contributed by atoms with van der Waals surface area (Å²) in [6, 6.07) is 11.9. The summed E-state index contributed by atoms with van der Waals surface area (Å²) in [4.78, 5) is 15.8. The van der Waals surface area contributed by atoms with E-state index in [1.54, 1.807) is 30.5 Å². The summed E-state index contributed by atoms with van der Waals surface area (Å²) in [5, 5.41) is 2.42. The normalized spacial score (nSPS) is 10.8. The van der Waals surface area contributed by atoms with E-state index in [9.17, 15) is 13.6 Å². The van der Waals surface area contributed by atoms with Crippen molar-refractivity contribution in [3.05, 3.63) is 88.7 Å². The number of rotatable bonds is 5. The van der Waals surface area contributed by atoms with E-state index in [1.165, 1.54) is 42.6 Å². The number of benzene rings is 2. The lowest BCUT2D eigenvalue weighted by molar-refractivity contribution is -0.111. The molecule has 0 aliphatic heterocycles. The molecule has 0 radical (unpaired) electrons. The fourth-order valence-corrected chi connectivity index (χ4v) is 2.51. The summed E-state index contributed by atoms with van der Waals surface area (Å²) in [5.41, 5.74) is 0.511. The quantitative estimate of drug-likeness (QED) is 0.538. The van der Waals surface area contributed by atoms with E-state index in [2.05, 4.69) is 26.2 Å². The first-order valence-corrected chi connectivity index (χ1v) is 8.62. The molecule has 0 saturated carbocycles. The number of nitrogens with zero attached hydrogens (tertiary/aromatic N) is 1. The van der Waals surface area contributed by atoms with Gasteiger partial charge in [0.05, 0.1) is 11.9 Å². The van der Waals surface area contributed by atoms with Gasteiger partial charge in [0.2, 0.25) is 5.91 Å². The van der Waals surface area contributed by atoms with Gasteiger partial charge < -0.3 is 10.1 Å². The number of anilines is 1. The smallest absolute Gasteiger partial charge is 0.248 e. The highest BCUT2D eigenvalue weighted by Gasteiger charge is 2.07. The zero-order chi connectivity index (χ0) is 19.2. The van der Waals surface area contributed by atoms with E-state index >= 15 is 0 Å². The van der Waals surface area contributed by atoms with Crippen molar-refractivity contribution >= 4 is 33.6 Å². The highest BCUT2D eigenvalue weighted by Crippen LogP contribution is 2.25. The van der Waals surface area contributed by atoms with Crippen LogP contribution in [0.15, 0.2) is 71.5 Å². The topological polar surface area (TPSA) is 51.2 Å². The Hall–Kier alpha value is -3.06. The Morgan fingerprint density at radius 3 is 2.67 bits per heavy atom. The van der Waals surface area contributed by atoms with Gasteiger partial charge in [-0.3, -0.25) is 9.78 Å². The van der Waals surface area contributed by atoms with Crippen LogP contribution in [0.3, 0.4) is 0 Å². The van der Waals surface area contributed by atoms with Crippen LogP contribution in [0.1, 0.15) is 5.56 Å². The molecule has 2 aromatic carbocycles. The largest absolute Gasteiger partial charge is 0.453 e. The molecule has 27 heavy (non-hydrogen) atoms.